The largest absolute Gasteiger partial charge is 0.385 e. The third-order valence-electron chi connectivity index (χ3n) is 3.73. The second kappa shape index (κ2) is 8.34. The van der Waals surface area contributed by atoms with Crippen LogP contribution >= 0.6 is 0 Å². The SMILES string of the molecule is CCNC(c1ccc(C(C)C)cc1)C(C)CCOC. The first-order chi connectivity index (χ1) is 9.10. The average molecular weight is 263 g/mol. The minimum atomic E-state index is 0.418. The van der Waals surface area contributed by atoms with Crippen molar-refractivity contribution in [3.05, 3.63) is 35.4 Å². The van der Waals surface area contributed by atoms with Gasteiger partial charge in [0.05, 0.1) is 0 Å². The molecule has 0 aliphatic rings. The van der Waals surface area contributed by atoms with Gasteiger partial charge >= 0.3 is 0 Å². The van der Waals surface area contributed by atoms with E-state index in [0.29, 0.717) is 17.9 Å². The number of hydrogen-bond acceptors (Lipinski definition) is 2. The molecule has 0 aliphatic heterocycles. The van der Waals surface area contributed by atoms with Crippen molar-refractivity contribution in [3.8, 4) is 0 Å². The maximum atomic E-state index is 5.20. The number of rotatable bonds is 8. The number of ether oxygens (including phenoxy) is 1. The summed E-state index contributed by atoms with van der Waals surface area (Å²) < 4.78 is 5.20. The number of hydrogen-bond donors (Lipinski definition) is 1. The van der Waals surface area contributed by atoms with E-state index < -0.39 is 0 Å². The molecular formula is C17H29NO. The Kier molecular flexibility index (Phi) is 7.11. The van der Waals surface area contributed by atoms with E-state index in [1.807, 2.05) is 0 Å². The highest BCUT2D eigenvalue weighted by Crippen LogP contribution is 2.26. The zero-order chi connectivity index (χ0) is 14.3. The molecule has 0 radical (unpaired) electrons. The predicted octanol–water partition coefficient (Wildman–Crippen LogP) is 4.13. The number of benzene rings is 1. The maximum absolute atomic E-state index is 5.20. The van der Waals surface area contributed by atoms with Crippen LogP contribution in [-0.2, 0) is 4.74 Å². The molecule has 1 rings (SSSR count). The Labute approximate surface area is 118 Å². The lowest BCUT2D eigenvalue weighted by atomic mass is 9.90. The fourth-order valence-electron chi connectivity index (χ4n) is 2.43. The first-order valence-corrected chi connectivity index (χ1v) is 7.42. The van der Waals surface area contributed by atoms with Crippen LogP contribution in [0.2, 0.25) is 0 Å². The van der Waals surface area contributed by atoms with Gasteiger partial charge in [0.15, 0.2) is 0 Å². The Morgan fingerprint density at radius 3 is 2.11 bits per heavy atom. The Balaban J connectivity index is 2.79. The molecule has 1 N–H and O–H groups in total. The van der Waals surface area contributed by atoms with Crippen LogP contribution in [0.15, 0.2) is 24.3 Å². The molecule has 1 aromatic carbocycles. The van der Waals surface area contributed by atoms with E-state index in [4.69, 9.17) is 4.74 Å². The maximum Gasteiger partial charge on any atom is 0.0465 e. The van der Waals surface area contributed by atoms with Crippen molar-refractivity contribution in [3.63, 3.8) is 0 Å². The Hall–Kier alpha value is -0.860. The van der Waals surface area contributed by atoms with E-state index in [-0.39, 0.29) is 0 Å². The van der Waals surface area contributed by atoms with E-state index >= 15 is 0 Å². The molecule has 2 nitrogen and oxygen atoms in total. The van der Waals surface area contributed by atoms with Gasteiger partial charge in [0, 0.05) is 19.8 Å². The average Bonchev–Trinajstić information content (AvgIpc) is 2.42. The highest BCUT2D eigenvalue weighted by Gasteiger charge is 2.18. The van der Waals surface area contributed by atoms with Crippen molar-refractivity contribution in [2.75, 3.05) is 20.3 Å². The summed E-state index contributed by atoms with van der Waals surface area (Å²) in [6, 6.07) is 9.47. The van der Waals surface area contributed by atoms with Gasteiger partial charge in [-0.15, -0.1) is 0 Å². The summed E-state index contributed by atoms with van der Waals surface area (Å²) in [7, 11) is 1.77. The van der Waals surface area contributed by atoms with Gasteiger partial charge in [0.25, 0.3) is 0 Å². The molecule has 2 atom stereocenters. The predicted molar refractivity (Wildman–Crippen MR) is 82.6 cm³/mol. The lowest BCUT2D eigenvalue weighted by molar-refractivity contribution is 0.170. The molecule has 0 spiro atoms. The van der Waals surface area contributed by atoms with Crippen LogP contribution in [0, 0.1) is 5.92 Å². The van der Waals surface area contributed by atoms with E-state index in [2.05, 4.69) is 57.3 Å². The smallest absolute Gasteiger partial charge is 0.0465 e. The monoisotopic (exact) mass is 263 g/mol. The van der Waals surface area contributed by atoms with Crippen LogP contribution in [0.3, 0.4) is 0 Å². The molecule has 0 saturated heterocycles. The zero-order valence-corrected chi connectivity index (χ0v) is 13.1. The molecule has 108 valence electrons. The van der Waals surface area contributed by atoms with Crippen molar-refractivity contribution in [1.29, 1.82) is 0 Å². The standard InChI is InChI=1S/C17H29NO/c1-6-18-17(14(4)11-12-19-5)16-9-7-15(8-10-16)13(2)3/h7-10,13-14,17-18H,6,11-12H2,1-5H3. The van der Waals surface area contributed by atoms with Gasteiger partial charge in [0.2, 0.25) is 0 Å². The van der Waals surface area contributed by atoms with Crippen LogP contribution < -0.4 is 5.32 Å². The molecule has 0 aromatic heterocycles. The zero-order valence-electron chi connectivity index (χ0n) is 13.1. The summed E-state index contributed by atoms with van der Waals surface area (Å²) in [5.74, 6) is 1.17. The molecule has 0 heterocycles. The summed E-state index contributed by atoms with van der Waals surface area (Å²) in [6.45, 7) is 10.7. The summed E-state index contributed by atoms with van der Waals surface area (Å²) >= 11 is 0. The minimum Gasteiger partial charge on any atom is -0.385 e. The van der Waals surface area contributed by atoms with E-state index in [9.17, 15) is 0 Å². The van der Waals surface area contributed by atoms with Gasteiger partial charge in [-0.25, -0.2) is 0 Å². The number of methoxy groups -OCH3 is 1. The van der Waals surface area contributed by atoms with Gasteiger partial charge in [-0.1, -0.05) is 52.0 Å². The normalized spacial score (nSPS) is 14.6. The molecule has 0 fully saturated rings. The topological polar surface area (TPSA) is 21.3 Å². The molecule has 2 unspecified atom stereocenters. The lowest BCUT2D eigenvalue weighted by Gasteiger charge is -2.25. The first kappa shape index (κ1) is 16.2. The Morgan fingerprint density at radius 2 is 1.63 bits per heavy atom. The van der Waals surface area contributed by atoms with Gasteiger partial charge in [-0.2, -0.15) is 0 Å². The third kappa shape index (κ3) is 4.96. The van der Waals surface area contributed by atoms with Gasteiger partial charge in [0.1, 0.15) is 0 Å². The van der Waals surface area contributed by atoms with Gasteiger partial charge in [-0.05, 0) is 35.9 Å². The summed E-state index contributed by atoms with van der Waals surface area (Å²) in [4.78, 5) is 0. The Bertz CT molecular complexity index is 345. The van der Waals surface area contributed by atoms with Crippen LogP contribution in [0.5, 0.6) is 0 Å². The molecule has 0 saturated carbocycles. The quantitative estimate of drug-likeness (QED) is 0.761. The van der Waals surface area contributed by atoms with Crippen molar-refractivity contribution in [2.24, 2.45) is 5.92 Å². The number of nitrogens with one attached hydrogen (secondary N) is 1. The van der Waals surface area contributed by atoms with E-state index in [0.717, 1.165) is 19.6 Å². The van der Waals surface area contributed by atoms with E-state index in [1.54, 1.807) is 7.11 Å². The van der Waals surface area contributed by atoms with Crippen molar-refractivity contribution in [1.82, 2.24) is 5.32 Å². The van der Waals surface area contributed by atoms with Crippen LogP contribution in [0.25, 0.3) is 0 Å². The summed E-state index contributed by atoms with van der Waals surface area (Å²) in [5.41, 5.74) is 2.79. The second-order valence-electron chi connectivity index (χ2n) is 5.62. The van der Waals surface area contributed by atoms with Crippen LogP contribution in [0.4, 0.5) is 0 Å². The highest BCUT2D eigenvalue weighted by molar-refractivity contribution is 5.27. The van der Waals surface area contributed by atoms with Crippen molar-refractivity contribution >= 4 is 0 Å². The molecule has 19 heavy (non-hydrogen) atoms. The van der Waals surface area contributed by atoms with Crippen molar-refractivity contribution < 1.29 is 4.74 Å². The van der Waals surface area contributed by atoms with Gasteiger partial charge < -0.3 is 10.1 Å². The van der Waals surface area contributed by atoms with Crippen molar-refractivity contribution in [2.45, 2.75) is 46.1 Å². The van der Waals surface area contributed by atoms with Crippen LogP contribution in [-0.4, -0.2) is 20.3 Å². The molecule has 0 amide bonds. The summed E-state index contributed by atoms with van der Waals surface area (Å²) in [6.07, 6.45) is 1.08. The molecular weight excluding hydrogens is 234 g/mol. The fraction of sp³-hybridized carbons (Fsp3) is 0.647. The second-order valence-corrected chi connectivity index (χ2v) is 5.62. The molecule has 1 aromatic rings. The molecule has 2 heteroatoms. The third-order valence-corrected chi connectivity index (χ3v) is 3.73. The van der Waals surface area contributed by atoms with Gasteiger partial charge in [-0.3, -0.25) is 0 Å². The minimum absolute atomic E-state index is 0.418. The van der Waals surface area contributed by atoms with E-state index in [1.165, 1.54) is 11.1 Å². The first-order valence-electron chi connectivity index (χ1n) is 7.42. The Morgan fingerprint density at radius 1 is 1.05 bits per heavy atom. The fourth-order valence-corrected chi connectivity index (χ4v) is 2.43. The van der Waals surface area contributed by atoms with Crippen LogP contribution in [0.1, 0.15) is 57.2 Å². The molecule has 0 bridgehead atoms. The lowest BCUT2D eigenvalue weighted by Crippen LogP contribution is -2.27. The summed E-state index contributed by atoms with van der Waals surface area (Å²) in [5, 5.41) is 3.60. The molecule has 0 aliphatic carbocycles. The highest BCUT2D eigenvalue weighted by atomic mass is 16.5.